The Kier molecular flexibility index (Phi) is 2.56. The lowest BCUT2D eigenvalue weighted by Crippen LogP contribution is -2.13. The molecule has 0 saturated carbocycles. The van der Waals surface area contributed by atoms with Crippen LogP contribution in [0, 0.1) is 0 Å². The fourth-order valence-corrected chi connectivity index (χ4v) is 3.63. The molecule has 2 aliphatic heterocycles. The predicted octanol–water partition coefficient (Wildman–Crippen LogP) is 1.11. The van der Waals surface area contributed by atoms with E-state index in [1.807, 2.05) is 4.52 Å². The van der Waals surface area contributed by atoms with Crippen molar-refractivity contribution in [1.82, 2.24) is 25.1 Å². The number of hydrogen-bond donors (Lipinski definition) is 1. The Labute approximate surface area is 108 Å². The minimum Gasteiger partial charge on any atom is -0.381 e. The molecule has 0 aromatic carbocycles. The summed E-state index contributed by atoms with van der Waals surface area (Å²) in [7, 11) is 0. The van der Waals surface area contributed by atoms with Gasteiger partial charge in [-0.15, -0.1) is 10.2 Å². The highest BCUT2D eigenvalue weighted by atomic mass is 32.1. The molecule has 4 heterocycles. The van der Waals surface area contributed by atoms with E-state index in [0.717, 1.165) is 42.0 Å². The van der Waals surface area contributed by atoms with Gasteiger partial charge in [-0.1, -0.05) is 11.3 Å². The van der Waals surface area contributed by atoms with Crippen LogP contribution in [0.3, 0.4) is 0 Å². The van der Waals surface area contributed by atoms with Crippen LogP contribution in [-0.4, -0.2) is 39.6 Å². The van der Waals surface area contributed by atoms with Crippen LogP contribution in [0.1, 0.15) is 42.1 Å². The lowest BCUT2D eigenvalue weighted by molar-refractivity contribution is 0.193. The van der Waals surface area contributed by atoms with E-state index in [4.69, 9.17) is 9.84 Å². The van der Waals surface area contributed by atoms with Crippen molar-refractivity contribution >= 4 is 16.3 Å². The van der Waals surface area contributed by atoms with Crippen molar-refractivity contribution in [3.05, 3.63) is 10.8 Å². The lowest BCUT2D eigenvalue weighted by Gasteiger charge is -2.04. The van der Waals surface area contributed by atoms with Gasteiger partial charge in [0.1, 0.15) is 5.01 Å². The van der Waals surface area contributed by atoms with Crippen LogP contribution in [0.25, 0.3) is 4.96 Å². The number of aromatic nitrogens is 4. The van der Waals surface area contributed by atoms with E-state index in [0.29, 0.717) is 12.0 Å². The minimum atomic E-state index is 0.353. The van der Waals surface area contributed by atoms with Crippen LogP contribution in [-0.2, 0) is 4.74 Å². The smallest absolute Gasteiger partial charge is 0.234 e. The van der Waals surface area contributed by atoms with E-state index >= 15 is 0 Å². The van der Waals surface area contributed by atoms with Gasteiger partial charge in [0.15, 0.2) is 5.82 Å². The van der Waals surface area contributed by atoms with Crippen molar-refractivity contribution in [2.24, 2.45) is 0 Å². The number of nitrogens with one attached hydrogen (secondary N) is 1. The SMILES string of the molecule is C1CNC(c2nn3c(C4CCOC4)nnc3s2)C1. The minimum absolute atomic E-state index is 0.353. The molecule has 1 N–H and O–H groups in total. The van der Waals surface area contributed by atoms with Crippen molar-refractivity contribution < 1.29 is 4.74 Å². The molecule has 0 aliphatic carbocycles. The molecule has 0 radical (unpaired) electrons. The second kappa shape index (κ2) is 4.25. The number of nitrogens with zero attached hydrogens (tertiary/aromatic N) is 4. The largest absolute Gasteiger partial charge is 0.381 e. The third-order valence-electron chi connectivity index (χ3n) is 3.68. The molecule has 7 heteroatoms. The molecule has 2 aromatic rings. The van der Waals surface area contributed by atoms with Gasteiger partial charge in [0.25, 0.3) is 0 Å². The fourth-order valence-electron chi connectivity index (χ4n) is 2.68. The van der Waals surface area contributed by atoms with Gasteiger partial charge in [-0.05, 0) is 25.8 Å². The first-order valence-corrected chi connectivity index (χ1v) is 7.26. The Balaban J connectivity index is 1.71. The molecule has 4 rings (SSSR count). The van der Waals surface area contributed by atoms with E-state index < -0.39 is 0 Å². The second-order valence-corrected chi connectivity index (χ2v) is 5.89. The van der Waals surface area contributed by atoms with Gasteiger partial charge < -0.3 is 10.1 Å². The average Bonchev–Trinajstić information content (AvgIpc) is 3.13. The van der Waals surface area contributed by atoms with Crippen LogP contribution in [0.15, 0.2) is 0 Å². The van der Waals surface area contributed by atoms with Crippen molar-refractivity contribution in [1.29, 1.82) is 0 Å². The summed E-state index contributed by atoms with van der Waals surface area (Å²) in [5.74, 6) is 1.31. The van der Waals surface area contributed by atoms with Crippen LogP contribution in [0.4, 0.5) is 0 Å². The standard InChI is InChI=1S/C11H15N5OS/c1-2-8(12-4-1)10-15-16-9(7-3-5-17-6-7)13-14-11(16)18-10/h7-8,12H,1-6H2. The predicted molar refractivity (Wildman–Crippen MR) is 66.8 cm³/mol. The summed E-state index contributed by atoms with van der Waals surface area (Å²) in [6.07, 6.45) is 3.43. The highest BCUT2D eigenvalue weighted by Crippen LogP contribution is 2.30. The molecule has 2 unspecified atom stereocenters. The maximum absolute atomic E-state index is 5.42. The Morgan fingerprint density at radius 3 is 3.11 bits per heavy atom. The quantitative estimate of drug-likeness (QED) is 0.881. The normalized spacial score (nSPS) is 28.4. The number of hydrogen-bond acceptors (Lipinski definition) is 6. The zero-order valence-corrected chi connectivity index (χ0v) is 10.8. The van der Waals surface area contributed by atoms with Gasteiger partial charge in [0.05, 0.1) is 12.6 Å². The third kappa shape index (κ3) is 1.65. The van der Waals surface area contributed by atoms with Crippen molar-refractivity contribution in [2.45, 2.75) is 31.2 Å². The molecular formula is C11H15N5OS. The van der Waals surface area contributed by atoms with Crippen LogP contribution >= 0.6 is 11.3 Å². The topological polar surface area (TPSA) is 64.3 Å². The Hall–Kier alpha value is -1.05. The fraction of sp³-hybridized carbons (Fsp3) is 0.727. The first-order valence-electron chi connectivity index (χ1n) is 6.45. The molecule has 6 nitrogen and oxygen atoms in total. The number of rotatable bonds is 2. The summed E-state index contributed by atoms with van der Waals surface area (Å²) in [5, 5.41) is 17.8. The van der Waals surface area contributed by atoms with E-state index in [2.05, 4.69) is 15.5 Å². The van der Waals surface area contributed by atoms with Gasteiger partial charge in [0, 0.05) is 12.5 Å². The van der Waals surface area contributed by atoms with Crippen molar-refractivity contribution in [3.63, 3.8) is 0 Å². The molecule has 0 spiro atoms. The van der Waals surface area contributed by atoms with Crippen molar-refractivity contribution in [2.75, 3.05) is 19.8 Å². The summed E-state index contributed by atoms with van der Waals surface area (Å²) in [6.45, 7) is 2.66. The van der Waals surface area contributed by atoms with Gasteiger partial charge in [-0.3, -0.25) is 0 Å². The summed E-state index contributed by atoms with van der Waals surface area (Å²) >= 11 is 1.65. The van der Waals surface area contributed by atoms with Crippen molar-refractivity contribution in [3.8, 4) is 0 Å². The zero-order valence-electron chi connectivity index (χ0n) is 10.0. The van der Waals surface area contributed by atoms with Gasteiger partial charge in [-0.2, -0.15) is 9.61 Å². The molecular weight excluding hydrogens is 250 g/mol. The van der Waals surface area contributed by atoms with Gasteiger partial charge >= 0.3 is 0 Å². The summed E-state index contributed by atoms with van der Waals surface area (Å²) in [5.41, 5.74) is 0. The van der Waals surface area contributed by atoms with Crippen LogP contribution in [0.5, 0.6) is 0 Å². The van der Waals surface area contributed by atoms with E-state index in [1.165, 1.54) is 12.8 Å². The van der Waals surface area contributed by atoms with Gasteiger partial charge in [0.2, 0.25) is 4.96 Å². The molecule has 0 bridgehead atoms. The average molecular weight is 265 g/mol. The number of ether oxygens (including phenoxy) is 1. The Morgan fingerprint density at radius 2 is 2.33 bits per heavy atom. The molecule has 96 valence electrons. The van der Waals surface area contributed by atoms with Crippen LogP contribution < -0.4 is 5.32 Å². The summed E-state index contributed by atoms with van der Waals surface area (Å²) in [4.78, 5) is 0.903. The Morgan fingerprint density at radius 1 is 1.33 bits per heavy atom. The summed E-state index contributed by atoms with van der Waals surface area (Å²) < 4.78 is 7.33. The first kappa shape index (κ1) is 10.8. The molecule has 2 saturated heterocycles. The summed E-state index contributed by atoms with van der Waals surface area (Å²) in [6, 6.07) is 0.407. The molecule has 18 heavy (non-hydrogen) atoms. The molecule has 2 atom stereocenters. The van der Waals surface area contributed by atoms with Crippen LogP contribution in [0.2, 0.25) is 0 Å². The van der Waals surface area contributed by atoms with E-state index in [-0.39, 0.29) is 0 Å². The van der Waals surface area contributed by atoms with E-state index in [1.54, 1.807) is 11.3 Å². The zero-order chi connectivity index (χ0) is 11.9. The molecule has 2 fully saturated rings. The maximum atomic E-state index is 5.42. The lowest BCUT2D eigenvalue weighted by atomic mass is 10.1. The first-order chi connectivity index (χ1) is 8.92. The van der Waals surface area contributed by atoms with E-state index in [9.17, 15) is 0 Å². The molecule has 0 amide bonds. The monoisotopic (exact) mass is 265 g/mol. The molecule has 2 aliphatic rings. The highest BCUT2D eigenvalue weighted by molar-refractivity contribution is 7.16. The third-order valence-corrected chi connectivity index (χ3v) is 4.70. The highest BCUT2D eigenvalue weighted by Gasteiger charge is 2.27. The maximum Gasteiger partial charge on any atom is 0.234 e. The Bertz CT molecular complexity index is 553. The molecule has 2 aromatic heterocycles. The van der Waals surface area contributed by atoms with Gasteiger partial charge in [-0.25, -0.2) is 0 Å². The number of fused-ring (bicyclic) bond motifs is 1. The second-order valence-electron chi connectivity index (χ2n) is 4.90.